The average Bonchev–Trinajstić information content (AvgIpc) is 2.44. The zero-order chi connectivity index (χ0) is 16.5. The molecular weight excluding hydrogens is 439 g/mol. The van der Waals surface area contributed by atoms with Crippen molar-refractivity contribution in [1.29, 1.82) is 0 Å². The molecule has 128 valence electrons. The predicted molar refractivity (Wildman–Crippen MR) is 79.1 cm³/mol. The molecule has 0 aromatic rings. The molecule has 0 bridgehead atoms. The van der Waals surface area contributed by atoms with Gasteiger partial charge in [0.05, 0.1) is 0 Å². The van der Waals surface area contributed by atoms with Crippen LogP contribution in [0.5, 0.6) is 0 Å². The first-order chi connectivity index (χ1) is 9.66. The molecule has 0 saturated heterocycles. The van der Waals surface area contributed by atoms with E-state index in [4.69, 9.17) is 0 Å². The third kappa shape index (κ3) is 99.4. The predicted octanol–water partition coefficient (Wildman–Crippen LogP) is 0.582. The van der Waals surface area contributed by atoms with E-state index in [1.807, 2.05) is 27.7 Å². The van der Waals surface area contributed by atoms with Gasteiger partial charge < -0.3 is 20.4 Å². The van der Waals surface area contributed by atoms with Crippen molar-refractivity contribution < 1.29 is 72.8 Å². The van der Waals surface area contributed by atoms with Crippen LogP contribution in [0.25, 0.3) is 0 Å². The van der Waals surface area contributed by atoms with Crippen molar-refractivity contribution in [1.82, 2.24) is 0 Å². The molecule has 0 fully saturated rings. The van der Waals surface area contributed by atoms with E-state index < -0.39 is 0 Å². The van der Waals surface area contributed by atoms with Crippen LogP contribution in [-0.2, 0) is 52.4 Å². The first-order valence-corrected chi connectivity index (χ1v) is 7.98. The van der Waals surface area contributed by atoms with Gasteiger partial charge in [-0.1, -0.05) is 79.1 Å². The molecular formula is C16H36O4Zr2+4. The minimum Gasteiger partial charge on any atom is -0.854 e. The van der Waals surface area contributed by atoms with Gasteiger partial charge in [0.15, 0.2) is 0 Å². The summed E-state index contributed by atoms with van der Waals surface area (Å²) < 4.78 is 0. The Morgan fingerprint density at radius 2 is 0.545 bits per heavy atom. The second-order valence-electron chi connectivity index (χ2n) is 4.23. The summed E-state index contributed by atoms with van der Waals surface area (Å²) in [4.78, 5) is 0. The van der Waals surface area contributed by atoms with E-state index in [9.17, 15) is 20.4 Å². The van der Waals surface area contributed by atoms with Crippen LogP contribution in [0.4, 0.5) is 0 Å². The Bertz CT molecular complexity index is 78.1. The number of unbranched alkanes of at least 4 members (excludes halogenated alkanes) is 4. The molecule has 0 radical (unpaired) electrons. The average molecular weight is 475 g/mol. The van der Waals surface area contributed by atoms with Crippen LogP contribution >= 0.6 is 0 Å². The fourth-order valence-corrected chi connectivity index (χ4v) is 0.577. The molecule has 0 aliphatic carbocycles. The molecule has 4 nitrogen and oxygen atoms in total. The molecule has 0 aromatic carbocycles. The Morgan fingerprint density at radius 3 is 0.545 bits per heavy atom. The van der Waals surface area contributed by atoms with Gasteiger partial charge in [0.25, 0.3) is 0 Å². The molecule has 0 N–H and O–H groups in total. The van der Waals surface area contributed by atoms with Crippen molar-refractivity contribution in [3.63, 3.8) is 0 Å². The summed E-state index contributed by atoms with van der Waals surface area (Å²) in [6.07, 6.45) is 7.46. The summed E-state index contributed by atoms with van der Waals surface area (Å²) in [6.45, 7) is 8.42. The summed E-state index contributed by atoms with van der Waals surface area (Å²) in [5.41, 5.74) is 0. The quantitative estimate of drug-likeness (QED) is 0.514. The van der Waals surface area contributed by atoms with Crippen molar-refractivity contribution >= 4 is 0 Å². The molecule has 0 aromatic heterocycles. The molecule has 0 aliphatic heterocycles. The van der Waals surface area contributed by atoms with E-state index in [-0.39, 0.29) is 78.8 Å². The van der Waals surface area contributed by atoms with Crippen LogP contribution < -0.4 is 20.4 Å². The minimum absolute atomic E-state index is 0. The van der Waals surface area contributed by atoms with E-state index in [1.165, 1.54) is 0 Å². The molecule has 0 atom stereocenters. The van der Waals surface area contributed by atoms with E-state index in [1.54, 1.807) is 0 Å². The molecule has 0 saturated carbocycles. The smallest absolute Gasteiger partial charge is 0.854 e. The third-order valence-corrected chi connectivity index (χ3v) is 1.99. The fraction of sp³-hybridized carbons (Fsp3) is 1.00. The SMILES string of the molecule is CCCC[O-].CCCC[O-].CCCC[O-].CCCC[O-].[Zr+4].[Zr+4]. The molecule has 0 amide bonds. The van der Waals surface area contributed by atoms with Crippen LogP contribution in [0.2, 0.25) is 0 Å². The number of hydrogen-bond donors (Lipinski definition) is 0. The third-order valence-electron chi connectivity index (χ3n) is 1.99. The van der Waals surface area contributed by atoms with Crippen molar-refractivity contribution in [3.8, 4) is 0 Å². The van der Waals surface area contributed by atoms with Gasteiger partial charge in [0.2, 0.25) is 0 Å². The molecule has 0 rings (SSSR count). The van der Waals surface area contributed by atoms with Crippen LogP contribution in [0, 0.1) is 0 Å². The van der Waals surface area contributed by atoms with Crippen molar-refractivity contribution in [2.45, 2.75) is 79.1 Å². The molecule has 22 heavy (non-hydrogen) atoms. The van der Waals surface area contributed by atoms with Gasteiger partial charge >= 0.3 is 52.4 Å². The maximum Gasteiger partial charge on any atom is 4.00 e. The monoisotopic (exact) mass is 472 g/mol. The normalized spacial score (nSPS) is 7.64. The van der Waals surface area contributed by atoms with Gasteiger partial charge in [-0.05, 0) is 0 Å². The summed E-state index contributed by atoms with van der Waals surface area (Å²) in [6, 6.07) is 0. The van der Waals surface area contributed by atoms with Crippen molar-refractivity contribution in [2.24, 2.45) is 0 Å². The fourth-order valence-electron chi connectivity index (χ4n) is 0.577. The van der Waals surface area contributed by atoms with Crippen LogP contribution in [-0.4, -0.2) is 26.4 Å². The van der Waals surface area contributed by atoms with Crippen LogP contribution in [0.15, 0.2) is 0 Å². The molecule has 6 heteroatoms. The summed E-state index contributed by atoms with van der Waals surface area (Å²) >= 11 is 0. The van der Waals surface area contributed by atoms with Gasteiger partial charge in [-0.3, -0.25) is 0 Å². The van der Waals surface area contributed by atoms with Gasteiger partial charge in [-0.2, -0.15) is 0 Å². The molecule has 0 heterocycles. The zero-order valence-electron chi connectivity index (χ0n) is 15.1. The molecule has 0 unspecified atom stereocenters. The Balaban J connectivity index is -0.0000000376. The maximum absolute atomic E-state index is 9.53. The largest absolute Gasteiger partial charge is 4.00 e. The first kappa shape index (κ1) is 38.9. The van der Waals surface area contributed by atoms with E-state index in [2.05, 4.69) is 0 Å². The Labute approximate surface area is 177 Å². The second kappa shape index (κ2) is 57.0. The van der Waals surface area contributed by atoms with Crippen molar-refractivity contribution in [3.05, 3.63) is 0 Å². The molecule has 0 aliphatic rings. The number of hydrogen-bond acceptors (Lipinski definition) is 4. The summed E-state index contributed by atoms with van der Waals surface area (Å²) in [5, 5.41) is 38.1. The topological polar surface area (TPSA) is 92.2 Å². The van der Waals surface area contributed by atoms with E-state index in [0.29, 0.717) is 0 Å². The second-order valence-corrected chi connectivity index (χ2v) is 4.23. The standard InChI is InChI=1S/4C4H9O.2Zr/c4*1-2-3-4-5;;/h4*2-4H2,1H3;;/q4*-1;2*+4. The molecule has 0 spiro atoms. The van der Waals surface area contributed by atoms with Crippen molar-refractivity contribution in [2.75, 3.05) is 26.4 Å². The van der Waals surface area contributed by atoms with E-state index in [0.717, 1.165) is 51.4 Å². The van der Waals surface area contributed by atoms with Gasteiger partial charge in [-0.15, -0.1) is 26.4 Å². The zero-order valence-corrected chi connectivity index (χ0v) is 20.0. The van der Waals surface area contributed by atoms with E-state index >= 15 is 0 Å². The Hall–Kier alpha value is 1.61. The first-order valence-electron chi connectivity index (χ1n) is 7.98. The summed E-state index contributed by atoms with van der Waals surface area (Å²) in [7, 11) is 0. The maximum atomic E-state index is 9.53. The van der Waals surface area contributed by atoms with Gasteiger partial charge in [0.1, 0.15) is 0 Å². The Morgan fingerprint density at radius 1 is 0.409 bits per heavy atom. The minimum atomic E-state index is 0. The van der Waals surface area contributed by atoms with Crippen LogP contribution in [0.1, 0.15) is 79.1 Å². The van der Waals surface area contributed by atoms with Gasteiger partial charge in [-0.25, -0.2) is 0 Å². The van der Waals surface area contributed by atoms with Gasteiger partial charge in [0, 0.05) is 0 Å². The Kier molecular flexibility index (Phi) is 101. The number of rotatable bonds is 8. The summed E-state index contributed by atoms with van der Waals surface area (Å²) in [5.74, 6) is 0. The van der Waals surface area contributed by atoms with Crippen LogP contribution in [0.3, 0.4) is 0 Å².